The highest BCUT2D eigenvalue weighted by Gasteiger charge is 2.12. The molecule has 0 spiro atoms. The molecule has 1 aromatic heterocycles. The lowest BCUT2D eigenvalue weighted by Gasteiger charge is -2.10. The standard InChI is InChI=1S/C24H21N5O3/c1-2-22(30)29-20-8-3-6-16-10-11-17(14-18(16)20)19-7-4-9-21(28-19)24(32)27-15-23(31)26-13-5-12-25/h2-4,6-11,14H,1,5,13,15H2,(H,26,31)(H,27,32)(H,29,30). The third-order valence-corrected chi connectivity index (χ3v) is 4.57. The van der Waals surface area contributed by atoms with E-state index < -0.39 is 5.91 Å². The van der Waals surface area contributed by atoms with E-state index in [1.54, 1.807) is 24.3 Å². The summed E-state index contributed by atoms with van der Waals surface area (Å²) in [6, 6.07) is 18.2. The normalized spacial score (nSPS) is 10.1. The molecule has 8 heteroatoms. The van der Waals surface area contributed by atoms with E-state index in [1.807, 2.05) is 36.4 Å². The maximum Gasteiger partial charge on any atom is 0.270 e. The largest absolute Gasteiger partial charge is 0.354 e. The van der Waals surface area contributed by atoms with E-state index in [2.05, 4.69) is 27.5 Å². The van der Waals surface area contributed by atoms with E-state index in [0.29, 0.717) is 11.4 Å². The molecule has 0 saturated heterocycles. The number of anilines is 1. The van der Waals surface area contributed by atoms with Crippen molar-refractivity contribution in [3.8, 4) is 17.3 Å². The van der Waals surface area contributed by atoms with Crippen molar-refractivity contribution in [1.82, 2.24) is 15.6 Å². The molecule has 0 bridgehead atoms. The summed E-state index contributed by atoms with van der Waals surface area (Å²) in [4.78, 5) is 40.3. The van der Waals surface area contributed by atoms with Crippen molar-refractivity contribution in [2.24, 2.45) is 0 Å². The zero-order valence-corrected chi connectivity index (χ0v) is 17.2. The Hall–Kier alpha value is -4.51. The summed E-state index contributed by atoms with van der Waals surface area (Å²) in [5.74, 6) is -1.17. The van der Waals surface area contributed by atoms with Gasteiger partial charge in [0.2, 0.25) is 11.8 Å². The summed E-state index contributed by atoms with van der Waals surface area (Å²) in [5, 5.41) is 18.1. The first-order valence-corrected chi connectivity index (χ1v) is 9.87. The molecule has 160 valence electrons. The Morgan fingerprint density at radius 1 is 1.06 bits per heavy atom. The Morgan fingerprint density at radius 2 is 1.88 bits per heavy atom. The van der Waals surface area contributed by atoms with Gasteiger partial charge in [0, 0.05) is 23.2 Å². The van der Waals surface area contributed by atoms with E-state index in [1.165, 1.54) is 6.08 Å². The van der Waals surface area contributed by atoms with E-state index in [9.17, 15) is 14.4 Å². The highest BCUT2D eigenvalue weighted by Crippen LogP contribution is 2.28. The second kappa shape index (κ2) is 10.5. The summed E-state index contributed by atoms with van der Waals surface area (Å²) in [6.07, 6.45) is 1.41. The highest BCUT2D eigenvalue weighted by molar-refractivity contribution is 6.06. The molecule has 0 radical (unpaired) electrons. The number of benzene rings is 2. The van der Waals surface area contributed by atoms with Gasteiger partial charge in [0.15, 0.2) is 0 Å². The number of nitrogens with one attached hydrogen (secondary N) is 3. The first-order chi connectivity index (χ1) is 15.5. The van der Waals surface area contributed by atoms with Crippen molar-refractivity contribution in [2.45, 2.75) is 6.42 Å². The summed E-state index contributed by atoms with van der Waals surface area (Å²) in [6.45, 7) is 3.50. The molecule has 3 amide bonds. The minimum Gasteiger partial charge on any atom is -0.354 e. The van der Waals surface area contributed by atoms with Crippen molar-refractivity contribution in [1.29, 1.82) is 5.26 Å². The van der Waals surface area contributed by atoms with Gasteiger partial charge in [-0.05, 0) is 35.7 Å². The molecule has 3 rings (SSSR count). The van der Waals surface area contributed by atoms with Gasteiger partial charge in [0.1, 0.15) is 5.69 Å². The number of fused-ring (bicyclic) bond motifs is 1. The molecule has 0 saturated carbocycles. The number of hydrogen-bond acceptors (Lipinski definition) is 5. The Balaban J connectivity index is 1.79. The van der Waals surface area contributed by atoms with Gasteiger partial charge in [0.05, 0.1) is 24.7 Å². The number of hydrogen-bond donors (Lipinski definition) is 3. The number of nitrogens with zero attached hydrogens (tertiary/aromatic N) is 2. The zero-order chi connectivity index (χ0) is 22.9. The maximum absolute atomic E-state index is 12.4. The Kier molecular flexibility index (Phi) is 7.28. The lowest BCUT2D eigenvalue weighted by atomic mass is 10.0. The van der Waals surface area contributed by atoms with Crippen molar-refractivity contribution < 1.29 is 14.4 Å². The minimum atomic E-state index is -0.484. The lowest BCUT2D eigenvalue weighted by Crippen LogP contribution is -2.37. The van der Waals surface area contributed by atoms with E-state index >= 15 is 0 Å². The molecule has 32 heavy (non-hydrogen) atoms. The second-order valence-electron chi connectivity index (χ2n) is 6.78. The predicted molar refractivity (Wildman–Crippen MR) is 122 cm³/mol. The van der Waals surface area contributed by atoms with Gasteiger partial charge in [-0.1, -0.05) is 36.9 Å². The van der Waals surface area contributed by atoms with Crippen LogP contribution in [0.4, 0.5) is 5.69 Å². The van der Waals surface area contributed by atoms with Crippen molar-refractivity contribution in [3.05, 3.63) is 72.9 Å². The molecule has 1 heterocycles. The summed E-state index contributed by atoms with van der Waals surface area (Å²) in [7, 11) is 0. The van der Waals surface area contributed by atoms with Crippen LogP contribution in [0.1, 0.15) is 16.9 Å². The molecule has 3 N–H and O–H groups in total. The third kappa shape index (κ3) is 5.55. The molecule has 3 aromatic rings. The molecule has 0 aliphatic carbocycles. The van der Waals surface area contributed by atoms with Crippen LogP contribution in [0.25, 0.3) is 22.0 Å². The average molecular weight is 427 g/mol. The predicted octanol–water partition coefficient (Wildman–Crippen LogP) is 2.79. The van der Waals surface area contributed by atoms with Crippen LogP contribution in [0.2, 0.25) is 0 Å². The molecule has 8 nitrogen and oxygen atoms in total. The fourth-order valence-corrected chi connectivity index (χ4v) is 3.02. The fraction of sp³-hybridized carbons (Fsp3) is 0.125. The number of pyridine rings is 1. The number of carbonyl (C=O) groups excluding carboxylic acids is 3. The molecule has 2 aromatic carbocycles. The van der Waals surface area contributed by atoms with Crippen molar-refractivity contribution in [3.63, 3.8) is 0 Å². The summed E-state index contributed by atoms with van der Waals surface area (Å²) < 4.78 is 0. The van der Waals surface area contributed by atoms with Gasteiger partial charge >= 0.3 is 0 Å². The second-order valence-corrected chi connectivity index (χ2v) is 6.78. The maximum atomic E-state index is 12.4. The fourth-order valence-electron chi connectivity index (χ4n) is 3.02. The first-order valence-electron chi connectivity index (χ1n) is 9.87. The smallest absolute Gasteiger partial charge is 0.270 e. The van der Waals surface area contributed by atoms with Crippen LogP contribution in [0.5, 0.6) is 0 Å². The number of rotatable bonds is 8. The average Bonchev–Trinajstić information content (AvgIpc) is 2.82. The van der Waals surface area contributed by atoms with Crippen LogP contribution in [0.3, 0.4) is 0 Å². The molecule has 0 atom stereocenters. The van der Waals surface area contributed by atoms with Crippen molar-refractivity contribution >= 4 is 34.2 Å². The van der Waals surface area contributed by atoms with Gasteiger partial charge < -0.3 is 16.0 Å². The summed E-state index contributed by atoms with van der Waals surface area (Å²) in [5.41, 5.74) is 2.15. The van der Waals surface area contributed by atoms with E-state index in [-0.39, 0.29) is 37.0 Å². The van der Waals surface area contributed by atoms with Crippen LogP contribution >= 0.6 is 0 Å². The van der Waals surface area contributed by atoms with Crippen LogP contribution in [-0.2, 0) is 9.59 Å². The number of aromatic nitrogens is 1. The lowest BCUT2D eigenvalue weighted by molar-refractivity contribution is -0.120. The molecule has 0 unspecified atom stereocenters. The summed E-state index contributed by atoms with van der Waals surface area (Å²) >= 11 is 0. The van der Waals surface area contributed by atoms with Crippen LogP contribution in [0.15, 0.2) is 67.3 Å². The van der Waals surface area contributed by atoms with Crippen LogP contribution < -0.4 is 16.0 Å². The first kappa shape index (κ1) is 22.2. The third-order valence-electron chi connectivity index (χ3n) is 4.57. The van der Waals surface area contributed by atoms with Crippen LogP contribution in [-0.4, -0.2) is 35.8 Å². The number of nitriles is 1. The van der Waals surface area contributed by atoms with Gasteiger partial charge in [-0.2, -0.15) is 5.26 Å². The molecule has 0 aliphatic rings. The molecule has 0 fully saturated rings. The zero-order valence-electron chi connectivity index (χ0n) is 17.2. The van der Waals surface area contributed by atoms with Crippen LogP contribution in [0, 0.1) is 11.3 Å². The van der Waals surface area contributed by atoms with E-state index in [0.717, 1.165) is 16.3 Å². The number of carbonyl (C=O) groups is 3. The molecular formula is C24H21N5O3. The topological polar surface area (TPSA) is 124 Å². The highest BCUT2D eigenvalue weighted by atomic mass is 16.2. The Morgan fingerprint density at radius 3 is 2.66 bits per heavy atom. The van der Waals surface area contributed by atoms with Gasteiger partial charge in [-0.25, -0.2) is 4.98 Å². The molecule has 0 aliphatic heterocycles. The van der Waals surface area contributed by atoms with Gasteiger partial charge in [0.25, 0.3) is 5.91 Å². The Bertz CT molecular complexity index is 1230. The van der Waals surface area contributed by atoms with Gasteiger partial charge in [-0.3, -0.25) is 14.4 Å². The van der Waals surface area contributed by atoms with Crippen molar-refractivity contribution in [2.75, 3.05) is 18.4 Å². The van der Waals surface area contributed by atoms with Gasteiger partial charge in [-0.15, -0.1) is 0 Å². The SMILES string of the molecule is C=CC(=O)Nc1cccc2ccc(-c3cccc(C(=O)NCC(=O)NCCC#N)n3)cc12. The minimum absolute atomic E-state index is 0.167. The molecular weight excluding hydrogens is 406 g/mol. The quantitative estimate of drug-likeness (QED) is 0.377. The number of amides is 3. The Labute approximate surface area is 185 Å². The monoisotopic (exact) mass is 427 g/mol. The van der Waals surface area contributed by atoms with E-state index in [4.69, 9.17) is 5.26 Å².